The lowest BCUT2D eigenvalue weighted by Gasteiger charge is -2.15. The molecule has 0 unspecified atom stereocenters. The zero-order valence-corrected chi connectivity index (χ0v) is 18.9. The van der Waals surface area contributed by atoms with Crippen molar-refractivity contribution in [2.24, 2.45) is 0 Å². The molecule has 0 aliphatic rings. The Morgan fingerprint density at radius 3 is 1.16 bits per heavy atom. The summed E-state index contributed by atoms with van der Waals surface area (Å²) < 4.78 is 10.3. The molecule has 32 heavy (non-hydrogen) atoms. The Balaban J connectivity index is 0.000000320. The van der Waals surface area contributed by atoms with E-state index in [0.717, 1.165) is 0 Å². The van der Waals surface area contributed by atoms with Crippen LogP contribution in [0.1, 0.15) is 48.4 Å². The maximum absolute atomic E-state index is 11.7. The first-order chi connectivity index (χ1) is 14.9. The molecular weight excluding hydrogens is 416 g/mol. The fraction of sp³-hybridized carbons (Fsp3) is 0.417. The molecule has 0 fully saturated rings. The van der Waals surface area contributed by atoms with Gasteiger partial charge in [0.15, 0.2) is 11.6 Å². The van der Waals surface area contributed by atoms with E-state index in [1.807, 2.05) is 0 Å². The van der Waals surface area contributed by atoms with Gasteiger partial charge in [-0.1, -0.05) is 0 Å². The molecular formula is C24H32O8. The van der Waals surface area contributed by atoms with Crippen molar-refractivity contribution < 1.29 is 39.5 Å². The van der Waals surface area contributed by atoms with Crippen LogP contribution in [0.5, 0.6) is 11.5 Å². The Bertz CT molecular complexity index is 770. The van der Waals surface area contributed by atoms with Gasteiger partial charge >= 0.3 is 0 Å². The van der Waals surface area contributed by atoms with Crippen molar-refractivity contribution in [3.63, 3.8) is 0 Å². The van der Waals surface area contributed by atoms with E-state index in [9.17, 15) is 19.8 Å². The molecule has 8 heteroatoms. The van der Waals surface area contributed by atoms with E-state index < -0.39 is 11.2 Å². The topological polar surface area (TPSA) is 134 Å². The zero-order chi connectivity index (χ0) is 24.4. The van der Waals surface area contributed by atoms with Gasteiger partial charge in [0.2, 0.25) is 0 Å². The third-order valence-electron chi connectivity index (χ3n) is 4.06. The third-order valence-corrected chi connectivity index (χ3v) is 4.06. The number of aliphatic hydroxyl groups is 4. The molecule has 0 spiro atoms. The average Bonchev–Trinajstić information content (AvgIpc) is 2.75. The van der Waals surface area contributed by atoms with Crippen LogP contribution >= 0.6 is 0 Å². The lowest BCUT2D eigenvalue weighted by molar-refractivity contribution is 0.0487. The number of aliphatic hydroxyl groups excluding tert-OH is 2. The second kappa shape index (κ2) is 12.3. The molecule has 0 saturated carbocycles. The Labute approximate surface area is 188 Å². The first kappa shape index (κ1) is 27.3. The van der Waals surface area contributed by atoms with Crippen LogP contribution in [0.2, 0.25) is 0 Å². The van der Waals surface area contributed by atoms with Gasteiger partial charge in [-0.2, -0.15) is 0 Å². The van der Waals surface area contributed by atoms with E-state index in [1.54, 1.807) is 48.5 Å². The number of carbonyl (C=O) groups is 2. The minimum absolute atomic E-state index is 0.0512. The number of carbonyl (C=O) groups excluding carboxylic acids is 2. The standard InChI is InChI=1S/2C12H16O4/c2*1-12(2,15)11(14)9-3-5-10(6-4-9)16-8-7-13/h2*3-6,13,15H,7-8H2,1-2H3. The molecule has 0 aliphatic heterocycles. The molecule has 4 N–H and O–H groups in total. The van der Waals surface area contributed by atoms with Crippen molar-refractivity contribution in [2.45, 2.75) is 38.9 Å². The molecule has 0 amide bonds. The molecule has 176 valence electrons. The summed E-state index contributed by atoms with van der Waals surface area (Å²) in [5.74, 6) is 0.505. The van der Waals surface area contributed by atoms with Crippen LogP contribution in [0.25, 0.3) is 0 Å². The normalized spacial score (nSPS) is 11.2. The van der Waals surface area contributed by atoms with Crippen molar-refractivity contribution in [3.05, 3.63) is 59.7 Å². The summed E-state index contributed by atoms with van der Waals surface area (Å²) in [4.78, 5) is 23.3. The van der Waals surface area contributed by atoms with Crippen molar-refractivity contribution in [1.29, 1.82) is 0 Å². The van der Waals surface area contributed by atoms with E-state index in [-0.39, 0.29) is 38.0 Å². The number of ether oxygens (including phenoxy) is 2. The molecule has 2 rings (SSSR count). The van der Waals surface area contributed by atoms with Crippen LogP contribution in [-0.4, -0.2) is 69.6 Å². The molecule has 2 aromatic carbocycles. The number of rotatable bonds is 10. The molecule has 0 heterocycles. The Hall–Kier alpha value is -2.78. The summed E-state index contributed by atoms with van der Waals surface area (Å²) in [6, 6.07) is 12.9. The highest BCUT2D eigenvalue weighted by Gasteiger charge is 2.25. The van der Waals surface area contributed by atoms with Gasteiger partial charge in [-0.05, 0) is 76.2 Å². The van der Waals surface area contributed by atoms with Crippen LogP contribution < -0.4 is 9.47 Å². The molecule has 0 radical (unpaired) electrons. The summed E-state index contributed by atoms with van der Waals surface area (Å²) in [6.07, 6.45) is 0. The summed E-state index contributed by atoms with van der Waals surface area (Å²) in [5.41, 5.74) is -1.87. The molecule has 2 aromatic rings. The van der Waals surface area contributed by atoms with Gasteiger partial charge in [0, 0.05) is 11.1 Å². The Kier molecular flexibility index (Phi) is 10.5. The molecule has 0 aromatic heterocycles. The number of hydrogen-bond donors (Lipinski definition) is 4. The monoisotopic (exact) mass is 448 g/mol. The van der Waals surface area contributed by atoms with Crippen molar-refractivity contribution in [3.8, 4) is 11.5 Å². The van der Waals surface area contributed by atoms with Crippen LogP contribution in [-0.2, 0) is 0 Å². The van der Waals surface area contributed by atoms with Crippen molar-refractivity contribution >= 4 is 11.6 Å². The van der Waals surface area contributed by atoms with Gasteiger partial charge in [-0.3, -0.25) is 9.59 Å². The smallest absolute Gasteiger partial charge is 0.193 e. The van der Waals surface area contributed by atoms with Gasteiger partial charge < -0.3 is 29.9 Å². The van der Waals surface area contributed by atoms with Gasteiger partial charge in [-0.25, -0.2) is 0 Å². The van der Waals surface area contributed by atoms with Gasteiger partial charge in [0.05, 0.1) is 13.2 Å². The van der Waals surface area contributed by atoms with E-state index in [2.05, 4.69) is 0 Å². The highest BCUT2D eigenvalue weighted by molar-refractivity contribution is 6.02. The van der Waals surface area contributed by atoms with Gasteiger partial charge in [0.1, 0.15) is 35.9 Å². The zero-order valence-electron chi connectivity index (χ0n) is 18.9. The highest BCUT2D eigenvalue weighted by atomic mass is 16.5. The summed E-state index contributed by atoms with van der Waals surface area (Å²) in [6.45, 7) is 6.14. The number of ketones is 2. The maximum atomic E-state index is 11.7. The van der Waals surface area contributed by atoms with Crippen LogP contribution in [0.15, 0.2) is 48.5 Å². The van der Waals surface area contributed by atoms with Crippen LogP contribution in [0.3, 0.4) is 0 Å². The first-order valence-electron chi connectivity index (χ1n) is 10.1. The Morgan fingerprint density at radius 2 is 0.938 bits per heavy atom. The Morgan fingerprint density at radius 1 is 0.656 bits per heavy atom. The largest absolute Gasteiger partial charge is 0.491 e. The third kappa shape index (κ3) is 9.15. The number of hydrogen-bond acceptors (Lipinski definition) is 8. The van der Waals surface area contributed by atoms with Crippen LogP contribution in [0, 0.1) is 0 Å². The fourth-order valence-electron chi connectivity index (χ4n) is 2.44. The second-order valence-corrected chi connectivity index (χ2v) is 7.97. The summed E-state index contributed by atoms with van der Waals surface area (Å²) >= 11 is 0. The predicted octanol–water partition coefficient (Wildman–Crippen LogP) is 2.02. The van der Waals surface area contributed by atoms with Crippen molar-refractivity contribution in [1.82, 2.24) is 0 Å². The molecule has 0 atom stereocenters. The van der Waals surface area contributed by atoms with Crippen LogP contribution in [0.4, 0.5) is 0 Å². The predicted molar refractivity (Wildman–Crippen MR) is 119 cm³/mol. The molecule has 0 bridgehead atoms. The van der Waals surface area contributed by atoms with E-state index >= 15 is 0 Å². The highest BCUT2D eigenvalue weighted by Crippen LogP contribution is 2.18. The molecule has 0 saturated heterocycles. The fourth-order valence-corrected chi connectivity index (χ4v) is 2.44. The lowest BCUT2D eigenvalue weighted by Crippen LogP contribution is -2.30. The SMILES string of the molecule is CC(C)(O)C(=O)c1ccc(OCCO)cc1.CC(C)(O)C(=O)c1ccc(OCCO)cc1. The van der Waals surface area contributed by atoms with E-state index in [0.29, 0.717) is 22.6 Å². The van der Waals surface area contributed by atoms with Gasteiger partial charge in [0.25, 0.3) is 0 Å². The number of Topliss-reactive ketones (excluding diaryl/α,β-unsaturated/α-hetero) is 2. The lowest BCUT2D eigenvalue weighted by atomic mass is 9.97. The maximum Gasteiger partial charge on any atom is 0.193 e. The minimum atomic E-state index is -1.37. The molecule has 0 aliphatic carbocycles. The minimum Gasteiger partial charge on any atom is -0.491 e. The average molecular weight is 449 g/mol. The van der Waals surface area contributed by atoms with E-state index in [4.69, 9.17) is 19.7 Å². The van der Waals surface area contributed by atoms with Gasteiger partial charge in [-0.15, -0.1) is 0 Å². The quantitative estimate of drug-likeness (QED) is 0.406. The molecule has 8 nitrogen and oxygen atoms in total. The number of benzene rings is 2. The first-order valence-corrected chi connectivity index (χ1v) is 10.1. The van der Waals surface area contributed by atoms with E-state index in [1.165, 1.54) is 27.7 Å². The summed E-state index contributed by atoms with van der Waals surface area (Å²) in [7, 11) is 0. The second-order valence-electron chi connectivity index (χ2n) is 7.97. The van der Waals surface area contributed by atoms with Crippen molar-refractivity contribution in [2.75, 3.05) is 26.4 Å². The summed E-state index contributed by atoms with van der Waals surface area (Å²) in [5, 5.41) is 36.2.